The summed E-state index contributed by atoms with van der Waals surface area (Å²) in [6.07, 6.45) is 7.04. The van der Waals surface area contributed by atoms with E-state index < -0.39 is 17.6 Å². The number of halogens is 1. The predicted octanol–water partition coefficient (Wildman–Crippen LogP) is 6.82. The van der Waals surface area contributed by atoms with Gasteiger partial charge in [-0.05, 0) is 101 Å². The highest BCUT2D eigenvalue weighted by molar-refractivity contribution is 9.10. The Bertz CT molecular complexity index is 1550. The standard InChI is InChI=1S/C35H40BrN5O5/c1-35(2,3)46-34(44)40-31-9-5-4-8-30(31)39-32(42)17-11-23-10-16-29(37-20-23)28(33(43)38-25-14-12-24(36)13-15-25)7-6-18-41-21-27-19-26(41)22-45-27/h4-5,8-17,20,26-28H,6-7,18-19,21-22H2,1-3H3,(H,38,43)(H,39,42)(H,40,44)/b17-11+/t26-,27-,28?/m1/s1. The van der Waals surface area contributed by atoms with E-state index in [2.05, 4.69) is 41.8 Å². The molecule has 11 heteroatoms. The third-order valence-corrected chi connectivity index (χ3v) is 8.32. The number of morpholine rings is 1. The monoisotopic (exact) mass is 689 g/mol. The van der Waals surface area contributed by atoms with Crippen LogP contribution < -0.4 is 16.0 Å². The number of aromatic nitrogens is 1. The second-order valence-corrected chi connectivity index (χ2v) is 13.5. The van der Waals surface area contributed by atoms with Gasteiger partial charge in [0.2, 0.25) is 11.8 Å². The van der Waals surface area contributed by atoms with E-state index in [-0.39, 0.29) is 11.8 Å². The van der Waals surface area contributed by atoms with Crippen LogP contribution in [-0.2, 0) is 19.1 Å². The van der Waals surface area contributed by atoms with Crippen molar-refractivity contribution in [3.63, 3.8) is 0 Å². The molecule has 2 bridgehead atoms. The highest BCUT2D eigenvalue weighted by Gasteiger charge is 2.38. The first kappa shape index (κ1) is 33.3. The number of hydrogen-bond donors (Lipinski definition) is 3. The molecule has 0 aliphatic carbocycles. The van der Waals surface area contributed by atoms with Crippen LogP contribution in [0.4, 0.5) is 21.9 Å². The summed E-state index contributed by atoms with van der Waals surface area (Å²) in [5.74, 6) is -0.923. The number of pyridine rings is 1. The van der Waals surface area contributed by atoms with Gasteiger partial charge in [0, 0.05) is 35.0 Å². The van der Waals surface area contributed by atoms with Crippen molar-refractivity contribution in [1.82, 2.24) is 9.88 Å². The molecule has 3 heterocycles. The first-order chi connectivity index (χ1) is 22.0. The largest absolute Gasteiger partial charge is 0.444 e. The van der Waals surface area contributed by atoms with Crippen LogP contribution in [0.25, 0.3) is 6.08 Å². The summed E-state index contributed by atoms with van der Waals surface area (Å²) in [6.45, 7) is 8.00. The number of amides is 3. The van der Waals surface area contributed by atoms with Crippen LogP contribution in [0.5, 0.6) is 0 Å². The number of likely N-dealkylation sites (tertiary alicyclic amines) is 1. The molecule has 0 spiro atoms. The molecule has 3 atom stereocenters. The maximum atomic E-state index is 13.5. The average Bonchev–Trinajstić information content (AvgIpc) is 3.64. The summed E-state index contributed by atoms with van der Waals surface area (Å²) in [5.41, 5.74) is 2.30. The molecule has 3 amide bonds. The quantitative estimate of drug-likeness (QED) is 0.189. The van der Waals surface area contributed by atoms with Crippen LogP contribution in [0, 0.1) is 0 Å². The Morgan fingerprint density at radius 3 is 2.41 bits per heavy atom. The van der Waals surface area contributed by atoms with E-state index in [0.29, 0.717) is 41.2 Å². The lowest BCUT2D eigenvalue weighted by Crippen LogP contribution is -2.37. The van der Waals surface area contributed by atoms with E-state index in [0.717, 1.165) is 42.7 Å². The fourth-order valence-corrected chi connectivity index (χ4v) is 5.87. The zero-order valence-corrected chi connectivity index (χ0v) is 27.9. The summed E-state index contributed by atoms with van der Waals surface area (Å²) >= 11 is 3.44. The number of ether oxygens (including phenoxy) is 2. The molecule has 5 rings (SSSR count). The van der Waals surface area contributed by atoms with Gasteiger partial charge in [-0.25, -0.2) is 4.79 Å². The summed E-state index contributed by atoms with van der Waals surface area (Å²) in [7, 11) is 0. The molecule has 46 heavy (non-hydrogen) atoms. The van der Waals surface area contributed by atoms with E-state index >= 15 is 0 Å². The van der Waals surface area contributed by atoms with Gasteiger partial charge in [-0.3, -0.25) is 24.8 Å². The molecule has 2 saturated heterocycles. The fourth-order valence-electron chi connectivity index (χ4n) is 5.61. The number of rotatable bonds is 11. The number of para-hydroxylation sites is 2. The second kappa shape index (κ2) is 15.0. The van der Waals surface area contributed by atoms with Gasteiger partial charge < -0.3 is 20.1 Å². The van der Waals surface area contributed by atoms with E-state index in [4.69, 9.17) is 9.47 Å². The topological polar surface area (TPSA) is 122 Å². The average molecular weight is 691 g/mol. The van der Waals surface area contributed by atoms with Crippen molar-refractivity contribution in [2.75, 3.05) is 35.6 Å². The molecule has 2 aliphatic rings. The highest BCUT2D eigenvalue weighted by atomic mass is 79.9. The molecule has 2 fully saturated rings. The molecule has 0 saturated carbocycles. The van der Waals surface area contributed by atoms with E-state index in [1.807, 2.05) is 36.4 Å². The molecule has 2 aliphatic heterocycles. The maximum Gasteiger partial charge on any atom is 0.412 e. The summed E-state index contributed by atoms with van der Waals surface area (Å²) in [4.78, 5) is 45.6. The Labute approximate surface area is 278 Å². The molecule has 2 aromatic carbocycles. The summed E-state index contributed by atoms with van der Waals surface area (Å²) in [6, 6.07) is 18.6. The van der Waals surface area contributed by atoms with Crippen LogP contribution in [0.1, 0.15) is 57.2 Å². The number of carbonyl (C=O) groups is 3. The Balaban J connectivity index is 1.21. The van der Waals surface area contributed by atoms with Crippen molar-refractivity contribution >= 4 is 57.0 Å². The minimum Gasteiger partial charge on any atom is -0.444 e. The Hall–Kier alpha value is -4.06. The molecule has 1 aromatic heterocycles. The van der Waals surface area contributed by atoms with Crippen LogP contribution in [0.3, 0.4) is 0 Å². The molecule has 3 aromatic rings. The minimum atomic E-state index is -0.652. The number of nitrogens with one attached hydrogen (secondary N) is 3. The van der Waals surface area contributed by atoms with Crippen molar-refractivity contribution in [3.8, 4) is 0 Å². The molecule has 3 N–H and O–H groups in total. The minimum absolute atomic E-state index is 0.109. The van der Waals surface area contributed by atoms with Gasteiger partial charge in [-0.15, -0.1) is 0 Å². The Morgan fingerprint density at radius 1 is 1.04 bits per heavy atom. The van der Waals surface area contributed by atoms with Gasteiger partial charge in [-0.2, -0.15) is 0 Å². The number of carbonyl (C=O) groups excluding carboxylic acids is 3. The summed E-state index contributed by atoms with van der Waals surface area (Å²) < 4.78 is 12.0. The SMILES string of the molecule is CC(C)(C)OC(=O)Nc1ccccc1NC(=O)/C=C/c1ccc(C(CCCN2C[C@H]3C[C@@H]2CO3)C(=O)Nc2ccc(Br)cc2)nc1. The van der Waals surface area contributed by atoms with Crippen molar-refractivity contribution in [2.45, 2.75) is 63.7 Å². The van der Waals surface area contributed by atoms with Crippen molar-refractivity contribution in [2.24, 2.45) is 0 Å². The number of benzene rings is 2. The van der Waals surface area contributed by atoms with Gasteiger partial charge in [0.15, 0.2) is 0 Å². The van der Waals surface area contributed by atoms with Crippen LogP contribution in [-0.4, -0.2) is 65.2 Å². The summed E-state index contributed by atoms with van der Waals surface area (Å²) in [5, 5.41) is 8.51. The number of fused-ring (bicyclic) bond motifs is 2. The molecule has 10 nitrogen and oxygen atoms in total. The maximum absolute atomic E-state index is 13.5. The smallest absolute Gasteiger partial charge is 0.412 e. The Morgan fingerprint density at radius 2 is 1.78 bits per heavy atom. The molecule has 242 valence electrons. The molecule has 0 radical (unpaired) electrons. The highest BCUT2D eigenvalue weighted by Crippen LogP contribution is 2.29. The van der Waals surface area contributed by atoms with Gasteiger partial charge in [0.1, 0.15) is 5.60 Å². The molecule has 1 unspecified atom stereocenters. The van der Waals surface area contributed by atoms with Gasteiger partial charge in [0.25, 0.3) is 0 Å². The lowest BCUT2D eigenvalue weighted by Gasteiger charge is -2.27. The van der Waals surface area contributed by atoms with Gasteiger partial charge >= 0.3 is 6.09 Å². The lowest BCUT2D eigenvalue weighted by molar-refractivity contribution is -0.118. The van der Waals surface area contributed by atoms with Crippen molar-refractivity contribution < 1.29 is 23.9 Å². The Kier molecular flexibility index (Phi) is 10.9. The van der Waals surface area contributed by atoms with Crippen LogP contribution >= 0.6 is 15.9 Å². The third-order valence-electron chi connectivity index (χ3n) is 7.79. The normalized spacial score (nSPS) is 18.3. The van der Waals surface area contributed by atoms with E-state index in [1.165, 1.54) is 6.08 Å². The van der Waals surface area contributed by atoms with Gasteiger partial charge in [-0.1, -0.05) is 34.1 Å². The van der Waals surface area contributed by atoms with Crippen molar-refractivity contribution in [3.05, 3.63) is 88.7 Å². The van der Waals surface area contributed by atoms with Crippen molar-refractivity contribution in [1.29, 1.82) is 0 Å². The zero-order chi connectivity index (χ0) is 32.7. The first-order valence-electron chi connectivity index (χ1n) is 15.5. The molecular formula is C35H40BrN5O5. The fraction of sp³-hybridized carbons (Fsp3) is 0.371. The van der Waals surface area contributed by atoms with E-state index in [9.17, 15) is 14.4 Å². The third kappa shape index (κ3) is 9.48. The predicted molar refractivity (Wildman–Crippen MR) is 183 cm³/mol. The number of nitrogens with zero attached hydrogens (tertiary/aromatic N) is 2. The first-order valence-corrected chi connectivity index (χ1v) is 16.3. The van der Waals surface area contributed by atoms with E-state index in [1.54, 1.807) is 57.3 Å². The number of hydrogen-bond acceptors (Lipinski definition) is 7. The zero-order valence-electron chi connectivity index (χ0n) is 26.3. The molecular weight excluding hydrogens is 650 g/mol. The second-order valence-electron chi connectivity index (χ2n) is 12.5. The lowest BCUT2D eigenvalue weighted by atomic mass is 9.96. The van der Waals surface area contributed by atoms with Crippen LogP contribution in [0.2, 0.25) is 0 Å². The van der Waals surface area contributed by atoms with Crippen LogP contribution in [0.15, 0.2) is 77.4 Å². The number of anilines is 3. The van der Waals surface area contributed by atoms with Gasteiger partial charge in [0.05, 0.1) is 35.7 Å².